The molecule has 0 bridgehead atoms. The molecule has 0 aromatic carbocycles. The highest BCUT2D eigenvalue weighted by molar-refractivity contribution is 5.84. The molecule has 0 radical (unpaired) electrons. The van der Waals surface area contributed by atoms with Gasteiger partial charge in [0.05, 0.1) is 0 Å². The van der Waals surface area contributed by atoms with Crippen LogP contribution in [0.5, 0.6) is 0 Å². The van der Waals surface area contributed by atoms with Gasteiger partial charge in [-0.15, -0.1) is 0 Å². The maximum absolute atomic E-state index is 12.7. The number of ketones is 1. The Labute approximate surface area is 130 Å². The monoisotopic (exact) mass is 288 g/mol. The molecule has 2 rings (SSSR count). The van der Waals surface area contributed by atoms with Crippen molar-refractivity contribution in [3.8, 4) is 0 Å². The summed E-state index contributed by atoms with van der Waals surface area (Å²) in [6.45, 7) is 13.3. The van der Waals surface area contributed by atoms with Crippen LogP contribution < -0.4 is 0 Å². The minimum absolute atomic E-state index is 0.163. The second kappa shape index (κ2) is 6.10. The Hall–Kier alpha value is -0.850. The topological polar surface area (TPSA) is 17.1 Å². The Morgan fingerprint density at radius 2 is 1.95 bits per heavy atom. The van der Waals surface area contributed by atoms with Crippen molar-refractivity contribution in [2.24, 2.45) is 35.0 Å². The number of rotatable bonds is 4. The lowest BCUT2D eigenvalue weighted by molar-refractivity contribution is -0.128. The molecule has 0 saturated heterocycles. The van der Waals surface area contributed by atoms with Crippen molar-refractivity contribution in [1.82, 2.24) is 0 Å². The van der Waals surface area contributed by atoms with Gasteiger partial charge in [-0.25, -0.2) is 0 Å². The van der Waals surface area contributed by atoms with Gasteiger partial charge in [-0.1, -0.05) is 59.8 Å². The standard InChI is InChI=1S/C20H32O/c1-7-20(5,6)18(21)12-17-11-13(2)10-16-9-8-14(3)15(4)19(16)17/h8-10,13-15,17,19H,7,11-12H2,1-6H3/t13-,14-,15?,17+,19+/m0/s1. The van der Waals surface area contributed by atoms with Crippen molar-refractivity contribution in [3.05, 3.63) is 23.8 Å². The third kappa shape index (κ3) is 3.33. The molecule has 21 heavy (non-hydrogen) atoms. The lowest BCUT2D eigenvalue weighted by Crippen LogP contribution is -2.36. The van der Waals surface area contributed by atoms with Gasteiger partial charge in [-0.05, 0) is 48.0 Å². The van der Waals surface area contributed by atoms with Crippen molar-refractivity contribution >= 4 is 5.78 Å². The molecule has 5 atom stereocenters. The molecular weight excluding hydrogens is 256 g/mol. The van der Waals surface area contributed by atoms with Crippen LogP contribution in [0.2, 0.25) is 0 Å². The Morgan fingerprint density at radius 1 is 1.29 bits per heavy atom. The highest BCUT2D eigenvalue weighted by atomic mass is 16.1. The van der Waals surface area contributed by atoms with Crippen molar-refractivity contribution in [1.29, 1.82) is 0 Å². The summed E-state index contributed by atoms with van der Waals surface area (Å²) in [5.74, 6) is 3.44. The Balaban J connectivity index is 2.22. The normalized spacial score (nSPS) is 36.1. The van der Waals surface area contributed by atoms with Gasteiger partial charge >= 0.3 is 0 Å². The predicted octanol–water partition coefficient (Wildman–Crippen LogP) is 5.42. The van der Waals surface area contributed by atoms with Gasteiger partial charge in [0.2, 0.25) is 0 Å². The van der Waals surface area contributed by atoms with E-state index in [-0.39, 0.29) is 5.41 Å². The van der Waals surface area contributed by atoms with Gasteiger partial charge in [0.25, 0.3) is 0 Å². The fourth-order valence-corrected chi connectivity index (χ4v) is 3.99. The largest absolute Gasteiger partial charge is 0.299 e. The van der Waals surface area contributed by atoms with Crippen LogP contribution in [-0.2, 0) is 4.79 Å². The molecule has 0 N–H and O–H groups in total. The van der Waals surface area contributed by atoms with Crippen molar-refractivity contribution < 1.29 is 4.79 Å². The summed E-state index contributed by atoms with van der Waals surface area (Å²) >= 11 is 0. The lowest BCUT2D eigenvalue weighted by atomic mass is 9.62. The second-order valence-corrected chi connectivity index (χ2v) is 8.11. The molecule has 118 valence electrons. The van der Waals surface area contributed by atoms with Crippen LogP contribution in [0.1, 0.15) is 60.8 Å². The summed E-state index contributed by atoms with van der Waals surface area (Å²) in [4.78, 5) is 12.7. The molecule has 0 amide bonds. The van der Waals surface area contributed by atoms with Gasteiger partial charge in [0, 0.05) is 11.8 Å². The maximum Gasteiger partial charge on any atom is 0.138 e. The first-order chi connectivity index (χ1) is 9.76. The maximum atomic E-state index is 12.7. The van der Waals surface area contributed by atoms with E-state index in [1.54, 1.807) is 0 Å². The molecule has 1 unspecified atom stereocenters. The van der Waals surface area contributed by atoms with E-state index < -0.39 is 0 Å². The summed E-state index contributed by atoms with van der Waals surface area (Å²) < 4.78 is 0. The zero-order valence-corrected chi connectivity index (χ0v) is 14.6. The van der Waals surface area contributed by atoms with Gasteiger partial charge in [-0.2, -0.15) is 0 Å². The van der Waals surface area contributed by atoms with Crippen LogP contribution in [0.25, 0.3) is 0 Å². The third-order valence-electron chi connectivity index (χ3n) is 6.12. The van der Waals surface area contributed by atoms with E-state index in [4.69, 9.17) is 0 Å². The number of carbonyl (C=O) groups is 1. The van der Waals surface area contributed by atoms with E-state index in [2.05, 4.69) is 59.8 Å². The minimum atomic E-state index is -0.163. The smallest absolute Gasteiger partial charge is 0.138 e. The molecule has 0 aliphatic heterocycles. The van der Waals surface area contributed by atoms with E-state index in [0.29, 0.717) is 35.4 Å². The molecule has 0 saturated carbocycles. The van der Waals surface area contributed by atoms with Crippen LogP contribution in [0.4, 0.5) is 0 Å². The summed E-state index contributed by atoms with van der Waals surface area (Å²) in [6, 6.07) is 0. The summed E-state index contributed by atoms with van der Waals surface area (Å²) in [5.41, 5.74) is 1.33. The van der Waals surface area contributed by atoms with E-state index >= 15 is 0 Å². The number of hydrogen-bond donors (Lipinski definition) is 0. The zero-order valence-electron chi connectivity index (χ0n) is 14.6. The average molecular weight is 288 g/mol. The van der Waals surface area contributed by atoms with Gasteiger partial charge < -0.3 is 0 Å². The van der Waals surface area contributed by atoms with Crippen molar-refractivity contribution in [3.63, 3.8) is 0 Å². The number of Topliss-reactive ketones (excluding diaryl/α,β-unsaturated/α-hetero) is 1. The quantitative estimate of drug-likeness (QED) is 0.675. The Bertz CT molecular complexity index is 454. The fraction of sp³-hybridized carbons (Fsp3) is 0.750. The summed E-state index contributed by atoms with van der Waals surface area (Å²) in [5, 5.41) is 0. The molecule has 2 aliphatic rings. The molecule has 0 aromatic rings. The number of hydrogen-bond acceptors (Lipinski definition) is 1. The summed E-state index contributed by atoms with van der Waals surface area (Å²) in [6.07, 6.45) is 9.98. The first-order valence-corrected chi connectivity index (χ1v) is 8.69. The van der Waals surface area contributed by atoms with Crippen LogP contribution in [0, 0.1) is 35.0 Å². The highest BCUT2D eigenvalue weighted by Crippen LogP contribution is 2.46. The average Bonchev–Trinajstić information content (AvgIpc) is 2.42. The fourth-order valence-electron chi connectivity index (χ4n) is 3.99. The van der Waals surface area contributed by atoms with Crippen molar-refractivity contribution in [2.75, 3.05) is 0 Å². The SMILES string of the molecule is CCC(C)(C)C(=O)C[C@H]1C[C@@H](C)C=C2C=C[C@H](C)C(C)[C@H]21. The molecule has 0 heterocycles. The molecule has 0 spiro atoms. The Morgan fingerprint density at radius 3 is 2.57 bits per heavy atom. The molecular formula is C20H32O. The second-order valence-electron chi connectivity index (χ2n) is 8.11. The van der Waals surface area contributed by atoms with Crippen LogP contribution in [-0.4, -0.2) is 5.78 Å². The van der Waals surface area contributed by atoms with Crippen LogP contribution in [0.3, 0.4) is 0 Å². The molecule has 1 nitrogen and oxygen atoms in total. The molecule has 0 aromatic heterocycles. The first kappa shape index (κ1) is 16.5. The van der Waals surface area contributed by atoms with E-state index in [1.807, 2.05) is 0 Å². The van der Waals surface area contributed by atoms with Gasteiger partial charge in [0.1, 0.15) is 5.78 Å². The van der Waals surface area contributed by atoms with Crippen LogP contribution >= 0.6 is 0 Å². The molecule has 1 heteroatoms. The van der Waals surface area contributed by atoms with E-state index in [1.165, 1.54) is 12.0 Å². The lowest BCUT2D eigenvalue weighted by Gasteiger charge is -2.42. The number of fused-ring (bicyclic) bond motifs is 1. The van der Waals surface area contributed by atoms with Crippen LogP contribution in [0.15, 0.2) is 23.8 Å². The highest BCUT2D eigenvalue weighted by Gasteiger charge is 2.39. The van der Waals surface area contributed by atoms with E-state index in [0.717, 1.165) is 12.8 Å². The number of carbonyl (C=O) groups excluding carboxylic acids is 1. The summed E-state index contributed by atoms with van der Waals surface area (Å²) in [7, 11) is 0. The number of allylic oxidation sites excluding steroid dienone is 4. The van der Waals surface area contributed by atoms with Crippen molar-refractivity contribution in [2.45, 2.75) is 60.8 Å². The zero-order chi connectivity index (χ0) is 15.8. The predicted molar refractivity (Wildman–Crippen MR) is 90.0 cm³/mol. The first-order valence-electron chi connectivity index (χ1n) is 8.69. The minimum Gasteiger partial charge on any atom is -0.299 e. The Kier molecular flexibility index (Phi) is 4.80. The van der Waals surface area contributed by atoms with E-state index in [9.17, 15) is 4.79 Å². The molecule has 2 aliphatic carbocycles. The third-order valence-corrected chi connectivity index (χ3v) is 6.12. The molecule has 0 fully saturated rings. The van der Waals surface area contributed by atoms with Gasteiger partial charge in [-0.3, -0.25) is 4.79 Å². The van der Waals surface area contributed by atoms with Gasteiger partial charge in [0.15, 0.2) is 0 Å².